The summed E-state index contributed by atoms with van der Waals surface area (Å²) in [6.45, 7) is 0.582. The Morgan fingerprint density at radius 2 is 2.21 bits per heavy atom. The minimum Gasteiger partial charge on any atom is -0.505 e. The van der Waals surface area contributed by atoms with E-state index in [0.717, 1.165) is 19.3 Å². The van der Waals surface area contributed by atoms with E-state index in [9.17, 15) is 9.90 Å². The highest BCUT2D eigenvalue weighted by Crippen LogP contribution is 2.24. The maximum absolute atomic E-state index is 12.0. The van der Waals surface area contributed by atoms with Crippen molar-refractivity contribution in [1.29, 1.82) is 0 Å². The molecule has 106 valence electrons. The SMILES string of the molecule is Cl.NCC1CCCCC1NC(=O)c1ncccc1O. The van der Waals surface area contributed by atoms with Crippen LogP contribution in [0.25, 0.3) is 0 Å². The van der Waals surface area contributed by atoms with Crippen molar-refractivity contribution in [2.75, 3.05) is 6.54 Å². The summed E-state index contributed by atoms with van der Waals surface area (Å²) < 4.78 is 0. The highest BCUT2D eigenvalue weighted by Gasteiger charge is 2.26. The van der Waals surface area contributed by atoms with Crippen LogP contribution in [0.4, 0.5) is 0 Å². The molecule has 2 rings (SSSR count). The number of halogens is 1. The fourth-order valence-corrected chi connectivity index (χ4v) is 2.49. The first-order chi connectivity index (χ1) is 8.72. The maximum atomic E-state index is 12.0. The number of nitrogens with two attached hydrogens (primary N) is 1. The van der Waals surface area contributed by atoms with Gasteiger partial charge in [0.05, 0.1) is 0 Å². The predicted octanol–water partition coefficient (Wildman–Crippen LogP) is 1.46. The van der Waals surface area contributed by atoms with Gasteiger partial charge < -0.3 is 16.2 Å². The van der Waals surface area contributed by atoms with Crippen LogP contribution in [0.5, 0.6) is 5.75 Å². The van der Waals surface area contributed by atoms with Crippen molar-refractivity contribution in [2.45, 2.75) is 31.7 Å². The van der Waals surface area contributed by atoms with Gasteiger partial charge in [-0.15, -0.1) is 12.4 Å². The van der Waals surface area contributed by atoms with Crippen LogP contribution in [0, 0.1) is 5.92 Å². The molecule has 1 fully saturated rings. The van der Waals surface area contributed by atoms with Crippen molar-refractivity contribution < 1.29 is 9.90 Å². The van der Waals surface area contributed by atoms with Gasteiger partial charge in [0.2, 0.25) is 0 Å². The third kappa shape index (κ3) is 3.81. The Kier molecular flexibility index (Phi) is 6.05. The number of amides is 1. The number of pyridine rings is 1. The summed E-state index contributed by atoms with van der Waals surface area (Å²) in [5.41, 5.74) is 5.80. The van der Waals surface area contributed by atoms with Gasteiger partial charge in [0.1, 0.15) is 5.75 Å². The van der Waals surface area contributed by atoms with Crippen molar-refractivity contribution >= 4 is 18.3 Å². The fourth-order valence-electron chi connectivity index (χ4n) is 2.49. The van der Waals surface area contributed by atoms with Gasteiger partial charge in [-0.3, -0.25) is 4.79 Å². The van der Waals surface area contributed by atoms with Gasteiger partial charge in [-0.2, -0.15) is 0 Å². The summed E-state index contributed by atoms with van der Waals surface area (Å²) in [6, 6.07) is 3.15. The van der Waals surface area contributed by atoms with Gasteiger partial charge in [0, 0.05) is 12.2 Å². The Morgan fingerprint density at radius 3 is 2.89 bits per heavy atom. The first-order valence-corrected chi connectivity index (χ1v) is 6.37. The third-order valence-corrected chi connectivity index (χ3v) is 3.53. The first-order valence-electron chi connectivity index (χ1n) is 6.37. The number of hydrogen-bond donors (Lipinski definition) is 3. The van der Waals surface area contributed by atoms with Crippen LogP contribution in [-0.4, -0.2) is 28.6 Å². The second kappa shape index (κ2) is 7.31. The van der Waals surface area contributed by atoms with Gasteiger partial charge in [-0.05, 0) is 37.4 Å². The molecular weight excluding hydrogens is 266 g/mol. The number of carbonyl (C=O) groups is 1. The third-order valence-electron chi connectivity index (χ3n) is 3.53. The Hall–Kier alpha value is -1.33. The average molecular weight is 286 g/mol. The molecule has 0 spiro atoms. The predicted molar refractivity (Wildman–Crippen MR) is 75.4 cm³/mol. The Labute approximate surface area is 119 Å². The number of nitrogens with zero attached hydrogens (tertiary/aromatic N) is 1. The van der Waals surface area contributed by atoms with E-state index in [-0.39, 0.29) is 35.8 Å². The Balaban J connectivity index is 0.00000180. The van der Waals surface area contributed by atoms with Crippen LogP contribution in [0.3, 0.4) is 0 Å². The molecule has 2 atom stereocenters. The quantitative estimate of drug-likeness (QED) is 0.784. The van der Waals surface area contributed by atoms with Crippen molar-refractivity contribution in [2.24, 2.45) is 11.7 Å². The minimum atomic E-state index is -0.321. The van der Waals surface area contributed by atoms with E-state index in [1.807, 2.05) is 0 Å². The number of rotatable bonds is 3. The van der Waals surface area contributed by atoms with Crippen LogP contribution in [0.2, 0.25) is 0 Å². The minimum absolute atomic E-state index is 0. The summed E-state index contributed by atoms with van der Waals surface area (Å²) in [4.78, 5) is 15.9. The zero-order chi connectivity index (χ0) is 13.0. The summed E-state index contributed by atoms with van der Waals surface area (Å²) in [5.74, 6) is -0.0814. The maximum Gasteiger partial charge on any atom is 0.273 e. The molecule has 1 saturated carbocycles. The van der Waals surface area contributed by atoms with Gasteiger partial charge >= 0.3 is 0 Å². The lowest BCUT2D eigenvalue weighted by Crippen LogP contribution is -2.44. The second-order valence-electron chi connectivity index (χ2n) is 4.73. The van der Waals surface area contributed by atoms with Crippen LogP contribution >= 0.6 is 12.4 Å². The van der Waals surface area contributed by atoms with Gasteiger partial charge in [0.15, 0.2) is 5.69 Å². The molecule has 1 aromatic heterocycles. The fraction of sp³-hybridized carbons (Fsp3) is 0.538. The normalized spacial score (nSPS) is 22.4. The molecule has 1 aliphatic rings. The molecule has 1 amide bonds. The number of carbonyl (C=O) groups excluding carboxylic acids is 1. The lowest BCUT2D eigenvalue weighted by atomic mass is 9.84. The number of aromatic nitrogens is 1. The number of hydrogen-bond acceptors (Lipinski definition) is 4. The molecule has 5 nitrogen and oxygen atoms in total. The van der Waals surface area contributed by atoms with Crippen molar-refractivity contribution in [1.82, 2.24) is 10.3 Å². The van der Waals surface area contributed by atoms with Gasteiger partial charge in [-0.1, -0.05) is 12.8 Å². The molecule has 19 heavy (non-hydrogen) atoms. The summed E-state index contributed by atoms with van der Waals surface area (Å²) in [7, 11) is 0. The lowest BCUT2D eigenvalue weighted by Gasteiger charge is -2.31. The molecular formula is C13H20ClN3O2. The van der Waals surface area contributed by atoms with E-state index in [2.05, 4.69) is 10.3 Å². The molecule has 1 aromatic rings. The van der Waals surface area contributed by atoms with Crippen molar-refractivity contribution in [3.05, 3.63) is 24.0 Å². The van der Waals surface area contributed by atoms with Crippen LogP contribution < -0.4 is 11.1 Å². The topological polar surface area (TPSA) is 88.2 Å². The van der Waals surface area contributed by atoms with E-state index < -0.39 is 0 Å². The molecule has 0 aromatic carbocycles. The highest BCUT2D eigenvalue weighted by atomic mass is 35.5. The molecule has 4 N–H and O–H groups in total. The summed E-state index contributed by atoms with van der Waals surface area (Å²) >= 11 is 0. The zero-order valence-corrected chi connectivity index (χ0v) is 11.5. The second-order valence-corrected chi connectivity index (χ2v) is 4.73. The van der Waals surface area contributed by atoms with Crippen LogP contribution in [-0.2, 0) is 0 Å². The van der Waals surface area contributed by atoms with Gasteiger partial charge in [0.25, 0.3) is 5.91 Å². The van der Waals surface area contributed by atoms with Gasteiger partial charge in [-0.25, -0.2) is 4.98 Å². The smallest absolute Gasteiger partial charge is 0.273 e. The van der Waals surface area contributed by atoms with E-state index in [4.69, 9.17) is 5.73 Å². The van der Waals surface area contributed by atoms with E-state index in [0.29, 0.717) is 12.5 Å². The lowest BCUT2D eigenvalue weighted by molar-refractivity contribution is 0.0900. The van der Waals surface area contributed by atoms with Crippen LogP contribution in [0.15, 0.2) is 18.3 Å². The molecule has 0 radical (unpaired) electrons. The van der Waals surface area contributed by atoms with Crippen molar-refractivity contribution in [3.8, 4) is 5.75 Å². The summed E-state index contributed by atoms with van der Waals surface area (Å²) in [6.07, 6.45) is 5.77. The Bertz CT molecular complexity index is 428. The highest BCUT2D eigenvalue weighted by molar-refractivity contribution is 5.94. The number of nitrogens with one attached hydrogen (secondary N) is 1. The van der Waals surface area contributed by atoms with Crippen LogP contribution in [0.1, 0.15) is 36.2 Å². The summed E-state index contributed by atoms with van der Waals surface area (Å²) in [5, 5.41) is 12.5. The van der Waals surface area contributed by atoms with E-state index in [1.54, 1.807) is 6.07 Å². The van der Waals surface area contributed by atoms with E-state index in [1.165, 1.54) is 18.7 Å². The Morgan fingerprint density at radius 1 is 1.47 bits per heavy atom. The monoisotopic (exact) mass is 285 g/mol. The zero-order valence-electron chi connectivity index (χ0n) is 10.7. The first kappa shape index (κ1) is 15.7. The van der Waals surface area contributed by atoms with Crippen molar-refractivity contribution in [3.63, 3.8) is 0 Å². The largest absolute Gasteiger partial charge is 0.505 e. The molecule has 6 heteroatoms. The standard InChI is InChI=1S/C13H19N3O2.ClH/c14-8-9-4-1-2-5-10(9)16-13(18)12-11(17)6-3-7-15-12;/h3,6-7,9-10,17H,1-2,4-5,8,14H2,(H,16,18);1H. The molecule has 0 aliphatic heterocycles. The van der Waals surface area contributed by atoms with E-state index >= 15 is 0 Å². The molecule has 0 saturated heterocycles. The molecule has 1 heterocycles. The average Bonchev–Trinajstić information content (AvgIpc) is 2.39. The molecule has 2 unspecified atom stereocenters. The molecule has 1 aliphatic carbocycles. The molecule has 0 bridgehead atoms. The number of aromatic hydroxyl groups is 1.